The molecule has 8 heteroatoms. The maximum Gasteiger partial charge on any atom is 0.321 e. The molecular weight excluding hydrogens is 336 g/mol. The molecule has 0 fully saturated rings. The first-order chi connectivity index (χ1) is 11.6. The molecule has 5 nitrogen and oxygen atoms in total. The number of thioether (sulfide) groups is 1. The normalized spacial score (nSPS) is 12.7. The summed E-state index contributed by atoms with van der Waals surface area (Å²) < 4.78 is 32.7. The number of nitrogens with one attached hydrogen (secondary N) is 1. The van der Waals surface area contributed by atoms with E-state index in [1.807, 2.05) is 0 Å². The van der Waals surface area contributed by atoms with Gasteiger partial charge in [-0.05, 0) is 31.2 Å². The Balaban J connectivity index is 1.73. The summed E-state index contributed by atoms with van der Waals surface area (Å²) in [5, 5.41) is 2.25. The predicted molar refractivity (Wildman–Crippen MR) is 86.9 cm³/mol. The van der Waals surface area contributed by atoms with E-state index < -0.39 is 11.8 Å². The number of furan rings is 1. The van der Waals surface area contributed by atoms with Crippen LogP contribution in [0.3, 0.4) is 0 Å². The van der Waals surface area contributed by atoms with Gasteiger partial charge in [0.25, 0.3) is 0 Å². The number of alkyl halides is 2. The van der Waals surface area contributed by atoms with Crippen LogP contribution in [0.15, 0.2) is 52.2 Å². The smallest absolute Gasteiger partial charge is 0.321 e. The van der Waals surface area contributed by atoms with Crippen molar-refractivity contribution >= 4 is 28.7 Å². The van der Waals surface area contributed by atoms with Crippen LogP contribution in [0.1, 0.15) is 19.2 Å². The average molecular weight is 351 g/mol. The molecule has 3 rings (SSSR count). The highest BCUT2D eigenvalue weighted by atomic mass is 32.2. The highest BCUT2D eigenvalue weighted by molar-refractivity contribution is 8.00. The summed E-state index contributed by atoms with van der Waals surface area (Å²) in [4.78, 5) is 16.4. The van der Waals surface area contributed by atoms with Gasteiger partial charge in [-0.25, -0.2) is 4.98 Å². The molecule has 126 valence electrons. The van der Waals surface area contributed by atoms with Gasteiger partial charge in [0.15, 0.2) is 5.16 Å². The highest BCUT2D eigenvalue weighted by Gasteiger charge is 2.22. The zero-order valence-electron chi connectivity index (χ0n) is 12.8. The number of hydrogen-bond donors (Lipinski definition) is 1. The maximum atomic E-state index is 13.4. The van der Waals surface area contributed by atoms with E-state index in [0.717, 1.165) is 16.3 Å². The number of carbonyl (C=O) groups excluding carboxylic acids is 1. The zero-order chi connectivity index (χ0) is 17.1. The summed E-state index contributed by atoms with van der Waals surface area (Å²) in [5.74, 6) is 0.352. The minimum atomic E-state index is -2.72. The molecule has 0 saturated carbocycles. The first kappa shape index (κ1) is 16.5. The van der Waals surface area contributed by atoms with Gasteiger partial charge in [0, 0.05) is 0 Å². The fourth-order valence-corrected chi connectivity index (χ4v) is 3.19. The van der Waals surface area contributed by atoms with Gasteiger partial charge in [-0.2, -0.15) is 8.78 Å². The van der Waals surface area contributed by atoms with Crippen molar-refractivity contribution in [3.8, 4) is 0 Å². The topological polar surface area (TPSA) is 60.1 Å². The molecule has 0 saturated heterocycles. The maximum absolute atomic E-state index is 13.4. The van der Waals surface area contributed by atoms with Crippen molar-refractivity contribution in [1.82, 2.24) is 14.9 Å². The van der Waals surface area contributed by atoms with Gasteiger partial charge in [-0.15, -0.1) is 0 Å². The van der Waals surface area contributed by atoms with Crippen LogP contribution >= 0.6 is 11.8 Å². The van der Waals surface area contributed by atoms with Crippen molar-refractivity contribution in [2.75, 3.05) is 0 Å². The molecule has 0 aliphatic rings. The molecule has 0 bridgehead atoms. The third-order valence-corrected chi connectivity index (χ3v) is 4.49. The number of halogens is 2. The molecule has 0 spiro atoms. The minimum Gasteiger partial charge on any atom is -0.467 e. The minimum absolute atomic E-state index is 0.117. The summed E-state index contributed by atoms with van der Waals surface area (Å²) in [5.41, 5.74) is 0.821. The van der Waals surface area contributed by atoms with Crippen LogP contribution in [0.25, 0.3) is 11.0 Å². The molecule has 1 amide bonds. The predicted octanol–water partition coefficient (Wildman–Crippen LogP) is 3.82. The van der Waals surface area contributed by atoms with Crippen LogP contribution in [0.4, 0.5) is 8.78 Å². The quantitative estimate of drug-likeness (QED) is 0.686. The van der Waals surface area contributed by atoms with E-state index in [0.29, 0.717) is 16.8 Å². The summed E-state index contributed by atoms with van der Waals surface area (Å²) in [6.45, 7) is -0.822. The molecule has 1 aromatic carbocycles. The second-order valence-corrected chi connectivity index (χ2v) is 6.40. The van der Waals surface area contributed by atoms with Crippen LogP contribution in [-0.4, -0.2) is 20.7 Å². The number of imidazole rings is 1. The Kier molecular flexibility index (Phi) is 4.84. The van der Waals surface area contributed by atoms with Crippen molar-refractivity contribution in [3.63, 3.8) is 0 Å². The molecule has 1 N–H and O–H groups in total. The Bertz CT molecular complexity index is 833. The molecule has 0 radical (unpaired) electrons. The van der Waals surface area contributed by atoms with E-state index in [-0.39, 0.29) is 17.6 Å². The van der Waals surface area contributed by atoms with E-state index >= 15 is 0 Å². The molecule has 1 atom stereocenters. The lowest BCUT2D eigenvalue weighted by molar-refractivity contribution is -0.120. The van der Waals surface area contributed by atoms with Gasteiger partial charge in [0.2, 0.25) is 5.91 Å². The van der Waals surface area contributed by atoms with Crippen LogP contribution < -0.4 is 5.32 Å². The van der Waals surface area contributed by atoms with E-state index in [1.54, 1.807) is 43.3 Å². The Morgan fingerprint density at radius 2 is 2.12 bits per heavy atom. The van der Waals surface area contributed by atoms with Crippen LogP contribution in [0.5, 0.6) is 0 Å². The number of carbonyl (C=O) groups is 1. The molecule has 0 unspecified atom stereocenters. The lowest BCUT2D eigenvalue weighted by Gasteiger charge is -2.12. The fraction of sp³-hybridized carbons (Fsp3) is 0.250. The van der Waals surface area contributed by atoms with Crippen LogP contribution in [-0.2, 0) is 11.3 Å². The number of para-hydroxylation sites is 2. The van der Waals surface area contributed by atoms with Crippen molar-refractivity contribution in [1.29, 1.82) is 0 Å². The van der Waals surface area contributed by atoms with Crippen LogP contribution in [0.2, 0.25) is 0 Å². The molecule has 2 heterocycles. The number of nitrogens with zero attached hydrogens (tertiary/aromatic N) is 2. The van der Waals surface area contributed by atoms with E-state index in [2.05, 4.69) is 10.3 Å². The standard InChI is InChI=1S/C16H15F2N3O2S/c1-10(14(22)19-9-11-5-4-8-23-11)24-16-20-12-6-2-3-7-13(12)21(16)15(17)18/h2-8,10,15H,9H2,1H3,(H,19,22)/t10-/m0/s1. The zero-order valence-corrected chi connectivity index (χ0v) is 13.6. The third kappa shape index (κ3) is 3.43. The van der Waals surface area contributed by atoms with Crippen molar-refractivity contribution in [3.05, 3.63) is 48.4 Å². The van der Waals surface area contributed by atoms with E-state index in [4.69, 9.17) is 4.42 Å². The molecule has 2 aromatic heterocycles. The number of benzene rings is 1. The third-order valence-electron chi connectivity index (χ3n) is 3.43. The van der Waals surface area contributed by atoms with Crippen molar-refractivity contribution in [2.45, 2.75) is 30.4 Å². The number of fused-ring (bicyclic) bond motifs is 1. The molecule has 0 aliphatic carbocycles. The summed E-state index contributed by atoms with van der Waals surface area (Å²) in [7, 11) is 0. The fourth-order valence-electron chi connectivity index (χ4n) is 2.24. The lowest BCUT2D eigenvalue weighted by Crippen LogP contribution is -2.30. The molecule has 3 aromatic rings. The van der Waals surface area contributed by atoms with Gasteiger partial charge >= 0.3 is 6.55 Å². The second-order valence-electron chi connectivity index (χ2n) is 5.09. The van der Waals surface area contributed by atoms with Crippen LogP contribution in [0, 0.1) is 0 Å². The summed E-state index contributed by atoms with van der Waals surface area (Å²) >= 11 is 0.999. The Hall–Kier alpha value is -2.35. The number of amides is 1. The number of rotatable bonds is 6. The van der Waals surface area contributed by atoms with Gasteiger partial charge in [0.05, 0.1) is 29.1 Å². The number of hydrogen-bond acceptors (Lipinski definition) is 4. The average Bonchev–Trinajstić information content (AvgIpc) is 3.19. The SMILES string of the molecule is C[C@H](Sc1nc2ccccc2n1C(F)F)C(=O)NCc1ccco1. The van der Waals surface area contributed by atoms with E-state index in [9.17, 15) is 13.6 Å². The van der Waals surface area contributed by atoms with Gasteiger partial charge in [0.1, 0.15) is 5.76 Å². The summed E-state index contributed by atoms with van der Waals surface area (Å²) in [6, 6.07) is 10.1. The molecule has 0 aliphatic heterocycles. The monoisotopic (exact) mass is 351 g/mol. The van der Waals surface area contributed by atoms with Gasteiger partial charge in [-0.1, -0.05) is 23.9 Å². The largest absolute Gasteiger partial charge is 0.467 e. The first-order valence-electron chi connectivity index (χ1n) is 7.28. The van der Waals surface area contributed by atoms with E-state index in [1.165, 1.54) is 6.26 Å². The number of aromatic nitrogens is 2. The Morgan fingerprint density at radius 3 is 2.83 bits per heavy atom. The van der Waals surface area contributed by atoms with Crippen molar-refractivity contribution < 1.29 is 18.0 Å². The Morgan fingerprint density at radius 1 is 1.33 bits per heavy atom. The Labute approximate surface area is 141 Å². The van der Waals surface area contributed by atoms with Gasteiger partial charge in [-0.3, -0.25) is 9.36 Å². The second kappa shape index (κ2) is 7.04. The highest BCUT2D eigenvalue weighted by Crippen LogP contribution is 2.31. The lowest BCUT2D eigenvalue weighted by atomic mass is 10.3. The first-order valence-corrected chi connectivity index (χ1v) is 8.16. The molecule has 24 heavy (non-hydrogen) atoms. The van der Waals surface area contributed by atoms with Gasteiger partial charge < -0.3 is 9.73 Å². The summed E-state index contributed by atoms with van der Waals surface area (Å²) in [6.07, 6.45) is 1.52. The van der Waals surface area contributed by atoms with Crippen molar-refractivity contribution in [2.24, 2.45) is 0 Å². The molecular formula is C16H15F2N3O2S.